The molecule has 2 rings (SSSR count). The predicted molar refractivity (Wildman–Crippen MR) is 60.4 cm³/mol. The first-order chi connectivity index (χ1) is 7.25. The molecule has 0 aromatic heterocycles. The van der Waals surface area contributed by atoms with Crippen LogP contribution in [-0.4, -0.2) is 19.3 Å². The molecule has 1 aromatic carbocycles. The molecular weight excluding hydrogens is 188 g/mol. The van der Waals surface area contributed by atoms with Crippen molar-refractivity contribution in [1.29, 1.82) is 0 Å². The van der Waals surface area contributed by atoms with Gasteiger partial charge in [0.15, 0.2) is 0 Å². The van der Waals surface area contributed by atoms with Gasteiger partial charge in [-0.2, -0.15) is 0 Å². The third-order valence-electron chi connectivity index (χ3n) is 2.74. The fourth-order valence-electron chi connectivity index (χ4n) is 1.73. The van der Waals surface area contributed by atoms with Gasteiger partial charge in [0.05, 0.1) is 13.2 Å². The van der Waals surface area contributed by atoms with E-state index in [0.29, 0.717) is 5.92 Å². The van der Waals surface area contributed by atoms with E-state index < -0.39 is 0 Å². The predicted octanol–water partition coefficient (Wildman–Crippen LogP) is 2.98. The highest BCUT2D eigenvalue weighted by Crippen LogP contribution is 2.21. The molecule has 15 heavy (non-hydrogen) atoms. The van der Waals surface area contributed by atoms with Gasteiger partial charge in [0.25, 0.3) is 0 Å². The Morgan fingerprint density at radius 2 is 2.00 bits per heavy atom. The standard InChI is InChI=1S/C13H18O2/c1-10(2)11-3-5-12(6-4-11)15-13-7-8-14-9-13/h3-6,10,13H,7-9H2,1-2H3/t13-/m1/s1. The molecule has 2 heteroatoms. The molecule has 1 fully saturated rings. The van der Waals surface area contributed by atoms with Crippen LogP contribution in [0.25, 0.3) is 0 Å². The van der Waals surface area contributed by atoms with Gasteiger partial charge in [0.2, 0.25) is 0 Å². The average molecular weight is 206 g/mol. The Kier molecular flexibility index (Phi) is 3.27. The molecule has 0 bridgehead atoms. The quantitative estimate of drug-likeness (QED) is 0.757. The highest BCUT2D eigenvalue weighted by atomic mass is 16.5. The van der Waals surface area contributed by atoms with Crippen LogP contribution >= 0.6 is 0 Å². The third kappa shape index (κ3) is 2.72. The molecule has 1 aliphatic rings. The summed E-state index contributed by atoms with van der Waals surface area (Å²) >= 11 is 0. The van der Waals surface area contributed by atoms with Gasteiger partial charge in [0, 0.05) is 6.42 Å². The van der Waals surface area contributed by atoms with Crippen LogP contribution in [0, 0.1) is 0 Å². The van der Waals surface area contributed by atoms with E-state index in [2.05, 4.69) is 26.0 Å². The van der Waals surface area contributed by atoms with Gasteiger partial charge in [-0.1, -0.05) is 26.0 Å². The summed E-state index contributed by atoms with van der Waals surface area (Å²) in [6.07, 6.45) is 1.25. The number of hydrogen-bond donors (Lipinski definition) is 0. The van der Waals surface area contributed by atoms with Crippen LogP contribution in [0.1, 0.15) is 31.7 Å². The summed E-state index contributed by atoms with van der Waals surface area (Å²) in [6.45, 7) is 5.95. The van der Waals surface area contributed by atoms with Crippen molar-refractivity contribution in [3.05, 3.63) is 29.8 Å². The van der Waals surface area contributed by atoms with Crippen LogP contribution in [0.5, 0.6) is 5.75 Å². The Bertz CT molecular complexity index is 297. The lowest BCUT2D eigenvalue weighted by Gasteiger charge is -2.12. The lowest BCUT2D eigenvalue weighted by molar-refractivity contribution is 0.141. The van der Waals surface area contributed by atoms with Crippen molar-refractivity contribution in [1.82, 2.24) is 0 Å². The topological polar surface area (TPSA) is 18.5 Å². The highest BCUT2D eigenvalue weighted by Gasteiger charge is 2.16. The Hall–Kier alpha value is -1.02. The van der Waals surface area contributed by atoms with Crippen LogP contribution in [-0.2, 0) is 4.74 Å². The van der Waals surface area contributed by atoms with E-state index in [1.165, 1.54) is 5.56 Å². The molecule has 0 aliphatic carbocycles. The number of ether oxygens (including phenoxy) is 2. The molecule has 1 saturated heterocycles. The van der Waals surface area contributed by atoms with E-state index in [0.717, 1.165) is 25.4 Å². The molecule has 1 aliphatic heterocycles. The minimum atomic E-state index is 0.245. The van der Waals surface area contributed by atoms with Gasteiger partial charge in [0.1, 0.15) is 11.9 Å². The zero-order chi connectivity index (χ0) is 10.7. The molecule has 1 atom stereocenters. The molecule has 0 unspecified atom stereocenters. The second-order valence-corrected chi connectivity index (χ2v) is 4.33. The van der Waals surface area contributed by atoms with E-state index in [1.54, 1.807) is 0 Å². The maximum atomic E-state index is 5.79. The normalized spacial score (nSPS) is 20.9. The van der Waals surface area contributed by atoms with Crippen molar-refractivity contribution < 1.29 is 9.47 Å². The molecule has 2 nitrogen and oxygen atoms in total. The first kappa shape index (κ1) is 10.5. The zero-order valence-electron chi connectivity index (χ0n) is 9.40. The second kappa shape index (κ2) is 4.67. The minimum absolute atomic E-state index is 0.245. The molecule has 0 radical (unpaired) electrons. The van der Waals surface area contributed by atoms with Gasteiger partial charge < -0.3 is 9.47 Å². The van der Waals surface area contributed by atoms with Gasteiger partial charge >= 0.3 is 0 Å². The molecule has 1 heterocycles. The third-order valence-corrected chi connectivity index (χ3v) is 2.74. The molecule has 0 amide bonds. The maximum Gasteiger partial charge on any atom is 0.124 e. The lowest BCUT2D eigenvalue weighted by atomic mass is 10.0. The van der Waals surface area contributed by atoms with Crippen LogP contribution < -0.4 is 4.74 Å². The molecule has 0 saturated carbocycles. The summed E-state index contributed by atoms with van der Waals surface area (Å²) in [6, 6.07) is 8.37. The summed E-state index contributed by atoms with van der Waals surface area (Å²) in [7, 11) is 0. The molecule has 82 valence electrons. The van der Waals surface area contributed by atoms with Gasteiger partial charge in [-0.3, -0.25) is 0 Å². The molecular formula is C13H18O2. The van der Waals surface area contributed by atoms with Gasteiger partial charge in [-0.25, -0.2) is 0 Å². The zero-order valence-corrected chi connectivity index (χ0v) is 9.40. The fraction of sp³-hybridized carbons (Fsp3) is 0.538. The maximum absolute atomic E-state index is 5.79. The van der Waals surface area contributed by atoms with Crippen molar-refractivity contribution in [2.75, 3.05) is 13.2 Å². The summed E-state index contributed by atoms with van der Waals surface area (Å²) < 4.78 is 11.1. The van der Waals surface area contributed by atoms with Gasteiger partial charge in [-0.05, 0) is 23.6 Å². The fourth-order valence-corrected chi connectivity index (χ4v) is 1.73. The van der Waals surface area contributed by atoms with Crippen LogP contribution in [0.3, 0.4) is 0 Å². The van der Waals surface area contributed by atoms with Crippen LogP contribution in [0.4, 0.5) is 0 Å². The van der Waals surface area contributed by atoms with E-state index >= 15 is 0 Å². The van der Waals surface area contributed by atoms with Crippen molar-refractivity contribution in [2.45, 2.75) is 32.3 Å². The van der Waals surface area contributed by atoms with Crippen LogP contribution in [0.2, 0.25) is 0 Å². The molecule has 0 spiro atoms. The van der Waals surface area contributed by atoms with E-state index in [-0.39, 0.29) is 6.10 Å². The Labute approximate surface area is 91.2 Å². The first-order valence-corrected chi connectivity index (χ1v) is 5.60. The Balaban J connectivity index is 1.97. The Morgan fingerprint density at radius 1 is 1.27 bits per heavy atom. The van der Waals surface area contributed by atoms with Crippen molar-refractivity contribution >= 4 is 0 Å². The lowest BCUT2D eigenvalue weighted by Crippen LogP contribution is -2.15. The van der Waals surface area contributed by atoms with Crippen molar-refractivity contribution in [3.8, 4) is 5.75 Å². The monoisotopic (exact) mass is 206 g/mol. The Morgan fingerprint density at radius 3 is 2.53 bits per heavy atom. The smallest absolute Gasteiger partial charge is 0.124 e. The SMILES string of the molecule is CC(C)c1ccc(O[C@@H]2CCOC2)cc1. The highest BCUT2D eigenvalue weighted by molar-refractivity contribution is 5.29. The molecule has 0 N–H and O–H groups in total. The molecule has 1 aromatic rings. The first-order valence-electron chi connectivity index (χ1n) is 5.60. The van der Waals surface area contributed by atoms with E-state index in [1.807, 2.05) is 12.1 Å². The number of rotatable bonds is 3. The van der Waals surface area contributed by atoms with Crippen molar-refractivity contribution in [3.63, 3.8) is 0 Å². The largest absolute Gasteiger partial charge is 0.488 e. The van der Waals surface area contributed by atoms with Crippen molar-refractivity contribution in [2.24, 2.45) is 0 Å². The second-order valence-electron chi connectivity index (χ2n) is 4.33. The number of benzene rings is 1. The minimum Gasteiger partial charge on any atom is -0.488 e. The van der Waals surface area contributed by atoms with E-state index in [9.17, 15) is 0 Å². The van der Waals surface area contributed by atoms with E-state index in [4.69, 9.17) is 9.47 Å². The summed E-state index contributed by atoms with van der Waals surface area (Å²) in [5, 5.41) is 0. The number of hydrogen-bond acceptors (Lipinski definition) is 2. The average Bonchev–Trinajstić information content (AvgIpc) is 2.71. The summed E-state index contributed by atoms with van der Waals surface area (Å²) in [4.78, 5) is 0. The van der Waals surface area contributed by atoms with Crippen LogP contribution in [0.15, 0.2) is 24.3 Å². The summed E-state index contributed by atoms with van der Waals surface area (Å²) in [5.41, 5.74) is 1.35. The summed E-state index contributed by atoms with van der Waals surface area (Å²) in [5.74, 6) is 1.53. The van der Waals surface area contributed by atoms with Gasteiger partial charge in [-0.15, -0.1) is 0 Å².